The van der Waals surface area contributed by atoms with Crippen molar-refractivity contribution < 1.29 is 19.2 Å². The molecule has 0 saturated heterocycles. The van der Waals surface area contributed by atoms with Crippen LogP contribution in [0.25, 0.3) is 0 Å². The molecule has 6 heteroatoms. The molecule has 0 radical (unpaired) electrons. The Morgan fingerprint density at radius 2 is 1.91 bits per heavy atom. The number of fused-ring (bicyclic) bond motifs is 5. The van der Waals surface area contributed by atoms with Gasteiger partial charge in [0.15, 0.2) is 0 Å². The number of ether oxygens (including phenoxy) is 2. The molecule has 166 valence electrons. The molecule has 3 aliphatic carbocycles. The molecule has 3 aliphatic rings. The lowest BCUT2D eigenvalue weighted by molar-refractivity contribution is -0.384. The number of hydrogen-bond donors (Lipinski definition) is 0. The van der Waals surface area contributed by atoms with Gasteiger partial charge in [0.05, 0.1) is 17.6 Å². The standard InChI is InChI=1S/C26H27NO5/c1-26-14-13-21-20-10-8-19(31-2)15-17(20)5-9-22(21)23(26)11-12-24(26)32-25(28)16-3-6-18(7-4-16)27(29)30/h3-4,6-8,10-12,15,21-24H,5,9,13-14H2,1-2H3/t21?,22?,23?,24-,26?/m1/s1. The predicted molar refractivity (Wildman–Crippen MR) is 120 cm³/mol. The molecule has 4 unspecified atom stereocenters. The lowest BCUT2D eigenvalue weighted by Gasteiger charge is -2.50. The zero-order chi connectivity index (χ0) is 22.5. The van der Waals surface area contributed by atoms with Crippen molar-refractivity contribution >= 4 is 11.7 Å². The van der Waals surface area contributed by atoms with Gasteiger partial charge in [0.1, 0.15) is 11.9 Å². The summed E-state index contributed by atoms with van der Waals surface area (Å²) in [6.07, 6.45) is 8.26. The summed E-state index contributed by atoms with van der Waals surface area (Å²) in [6, 6.07) is 12.1. The first kappa shape index (κ1) is 20.7. The molecule has 0 N–H and O–H groups in total. The fourth-order valence-corrected chi connectivity index (χ4v) is 6.17. The molecule has 0 aromatic heterocycles. The van der Waals surface area contributed by atoms with Crippen LogP contribution in [-0.4, -0.2) is 24.1 Å². The molecule has 0 amide bonds. The van der Waals surface area contributed by atoms with E-state index in [2.05, 4.69) is 37.3 Å². The second kappa shape index (κ2) is 7.76. The first-order chi connectivity index (χ1) is 15.4. The van der Waals surface area contributed by atoms with Crippen LogP contribution in [0.2, 0.25) is 0 Å². The Labute approximate surface area is 187 Å². The van der Waals surface area contributed by atoms with Gasteiger partial charge in [-0.3, -0.25) is 10.1 Å². The molecule has 32 heavy (non-hydrogen) atoms. The smallest absolute Gasteiger partial charge is 0.338 e. The van der Waals surface area contributed by atoms with E-state index in [4.69, 9.17) is 9.47 Å². The first-order valence-corrected chi connectivity index (χ1v) is 11.2. The normalized spacial score (nSPS) is 30.1. The number of benzene rings is 2. The molecule has 2 aromatic rings. The van der Waals surface area contributed by atoms with Crippen LogP contribution in [0.4, 0.5) is 5.69 Å². The van der Waals surface area contributed by atoms with Gasteiger partial charge in [0.25, 0.3) is 5.69 Å². The predicted octanol–water partition coefficient (Wildman–Crippen LogP) is 5.46. The van der Waals surface area contributed by atoms with Crippen molar-refractivity contribution in [2.24, 2.45) is 17.3 Å². The van der Waals surface area contributed by atoms with Crippen LogP contribution >= 0.6 is 0 Å². The van der Waals surface area contributed by atoms with Gasteiger partial charge < -0.3 is 9.47 Å². The number of hydrogen-bond acceptors (Lipinski definition) is 5. The number of nitrogens with zero attached hydrogens (tertiary/aromatic N) is 1. The maximum Gasteiger partial charge on any atom is 0.338 e. The number of nitro benzene ring substituents is 1. The van der Waals surface area contributed by atoms with Gasteiger partial charge in [0.2, 0.25) is 0 Å². The first-order valence-electron chi connectivity index (χ1n) is 11.2. The Bertz CT molecular complexity index is 1090. The zero-order valence-electron chi connectivity index (χ0n) is 18.3. The minimum Gasteiger partial charge on any atom is -0.497 e. The molecule has 0 spiro atoms. The van der Waals surface area contributed by atoms with Gasteiger partial charge in [-0.1, -0.05) is 19.1 Å². The van der Waals surface area contributed by atoms with Crippen LogP contribution in [0.5, 0.6) is 5.75 Å². The maximum absolute atomic E-state index is 12.8. The Kier molecular flexibility index (Phi) is 5.03. The average molecular weight is 434 g/mol. The molecular formula is C26H27NO5. The van der Waals surface area contributed by atoms with Crippen molar-refractivity contribution in [2.45, 2.75) is 44.6 Å². The Morgan fingerprint density at radius 1 is 1.12 bits per heavy atom. The molecule has 5 rings (SSSR count). The molecule has 1 fully saturated rings. The number of non-ortho nitro benzene ring substituents is 1. The molecule has 5 atom stereocenters. The largest absolute Gasteiger partial charge is 0.497 e. The highest BCUT2D eigenvalue weighted by Gasteiger charge is 2.54. The van der Waals surface area contributed by atoms with E-state index < -0.39 is 10.9 Å². The van der Waals surface area contributed by atoms with E-state index >= 15 is 0 Å². The number of rotatable bonds is 4. The average Bonchev–Trinajstić information content (AvgIpc) is 3.14. The van der Waals surface area contributed by atoms with E-state index in [-0.39, 0.29) is 17.2 Å². The highest BCUT2D eigenvalue weighted by molar-refractivity contribution is 5.89. The molecule has 0 aliphatic heterocycles. The van der Waals surface area contributed by atoms with Gasteiger partial charge in [-0.05, 0) is 84.9 Å². The van der Waals surface area contributed by atoms with E-state index in [1.807, 2.05) is 0 Å². The van der Waals surface area contributed by atoms with Crippen molar-refractivity contribution in [2.75, 3.05) is 7.11 Å². The molecule has 0 bridgehead atoms. The summed E-state index contributed by atoms with van der Waals surface area (Å²) in [5, 5.41) is 10.9. The summed E-state index contributed by atoms with van der Waals surface area (Å²) < 4.78 is 11.4. The van der Waals surface area contributed by atoms with Crippen molar-refractivity contribution in [1.29, 1.82) is 0 Å². The van der Waals surface area contributed by atoms with Gasteiger partial charge in [0, 0.05) is 17.5 Å². The lowest BCUT2D eigenvalue weighted by atomic mass is 9.55. The highest BCUT2D eigenvalue weighted by atomic mass is 16.6. The molecule has 2 aromatic carbocycles. The van der Waals surface area contributed by atoms with Crippen LogP contribution in [0, 0.1) is 27.4 Å². The van der Waals surface area contributed by atoms with Crippen molar-refractivity contribution in [1.82, 2.24) is 0 Å². The minimum atomic E-state index is -0.475. The summed E-state index contributed by atoms with van der Waals surface area (Å²) >= 11 is 0. The van der Waals surface area contributed by atoms with Gasteiger partial charge in [-0.2, -0.15) is 0 Å². The number of carbonyl (C=O) groups excluding carboxylic acids is 1. The number of carbonyl (C=O) groups is 1. The molecule has 0 heterocycles. The minimum absolute atomic E-state index is 0.0390. The summed E-state index contributed by atoms with van der Waals surface area (Å²) in [5.41, 5.74) is 3.02. The van der Waals surface area contributed by atoms with Crippen LogP contribution in [0.15, 0.2) is 54.6 Å². The number of esters is 1. The molecule has 6 nitrogen and oxygen atoms in total. The van der Waals surface area contributed by atoms with Crippen LogP contribution < -0.4 is 4.74 Å². The third-order valence-electron chi connectivity index (χ3n) is 7.92. The van der Waals surface area contributed by atoms with E-state index in [0.717, 1.165) is 31.4 Å². The Morgan fingerprint density at radius 3 is 2.62 bits per heavy atom. The monoisotopic (exact) mass is 433 g/mol. The van der Waals surface area contributed by atoms with E-state index in [9.17, 15) is 14.9 Å². The fraction of sp³-hybridized carbons (Fsp3) is 0.423. The van der Waals surface area contributed by atoms with Gasteiger partial charge >= 0.3 is 5.97 Å². The number of methoxy groups -OCH3 is 1. The van der Waals surface area contributed by atoms with Crippen molar-refractivity contribution in [3.05, 3.63) is 81.4 Å². The number of nitro groups is 1. The highest BCUT2D eigenvalue weighted by Crippen LogP contribution is 2.59. The summed E-state index contributed by atoms with van der Waals surface area (Å²) in [7, 11) is 1.71. The third kappa shape index (κ3) is 3.29. The quantitative estimate of drug-likeness (QED) is 0.277. The van der Waals surface area contributed by atoms with Crippen LogP contribution in [0.3, 0.4) is 0 Å². The van der Waals surface area contributed by atoms with Crippen molar-refractivity contribution in [3.63, 3.8) is 0 Å². The lowest BCUT2D eigenvalue weighted by Crippen LogP contribution is -2.45. The fourth-order valence-electron chi connectivity index (χ4n) is 6.17. The van der Waals surface area contributed by atoms with E-state index in [1.54, 1.807) is 7.11 Å². The zero-order valence-corrected chi connectivity index (χ0v) is 18.3. The van der Waals surface area contributed by atoms with Gasteiger partial charge in [-0.25, -0.2) is 4.79 Å². The molecule has 1 saturated carbocycles. The number of aryl methyl sites for hydroxylation is 1. The van der Waals surface area contributed by atoms with E-state index in [0.29, 0.717) is 23.3 Å². The Balaban J connectivity index is 1.33. The van der Waals surface area contributed by atoms with Gasteiger partial charge in [-0.15, -0.1) is 0 Å². The Hall–Kier alpha value is -3.15. The summed E-state index contributed by atoms with van der Waals surface area (Å²) in [6.45, 7) is 2.24. The molecular weight excluding hydrogens is 406 g/mol. The van der Waals surface area contributed by atoms with Crippen LogP contribution in [0.1, 0.15) is 53.6 Å². The topological polar surface area (TPSA) is 78.7 Å². The van der Waals surface area contributed by atoms with E-state index in [1.165, 1.54) is 35.4 Å². The van der Waals surface area contributed by atoms with Crippen LogP contribution in [-0.2, 0) is 11.2 Å². The third-order valence-corrected chi connectivity index (χ3v) is 7.92. The SMILES string of the molecule is COc1ccc2c(c1)CCC1C2CCC2(C)C1C=C[C@H]2OC(=O)c1ccc([N+](=O)[O-])cc1. The van der Waals surface area contributed by atoms with Crippen molar-refractivity contribution in [3.8, 4) is 5.75 Å². The second-order valence-electron chi connectivity index (χ2n) is 9.46. The summed E-state index contributed by atoms with van der Waals surface area (Å²) in [5.74, 6) is 1.91. The second-order valence-corrected chi connectivity index (χ2v) is 9.46. The number of allylic oxidation sites excluding steroid dienone is 1. The maximum atomic E-state index is 12.8. The summed E-state index contributed by atoms with van der Waals surface area (Å²) in [4.78, 5) is 23.2.